The van der Waals surface area contributed by atoms with E-state index < -0.39 is 18.5 Å². The molecule has 0 saturated carbocycles. The monoisotopic (exact) mass is 463 g/mol. The molecule has 0 bridgehead atoms. The third-order valence-electron chi connectivity index (χ3n) is 3.71. The Morgan fingerprint density at radius 2 is 1.93 bits per heavy atom. The molecule has 4 aromatic rings. The van der Waals surface area contributed by atoms with Gasteiger partial charge in [0.05, 0.1) is 25.1 Å². The number of pyridine rings is 1. The molecule has 3 aromatic heterocycles. The molecule has 0 aliphatic rings. The van der Waals surface area contributed by atoms with Gasteiger partial charge in [-0.3, -0.25) is 4.79 Å². The largest absolute Gasteiger partial charge is 0.451 e. The number of hydrogen-bond acceptors (Lipinski definition) is 7. The second kappa shape index (κ2) is 8.46. The lowest BCUT2D eigenvalue weighted by Gasteiger charge is -2.06. The van der Waals surface area contributed by atoms with Crippen molar-refractivity contribution in [3.63, 3.8) is 0 Å². The number of aromatic nitrogens is 2. The Balaban J connectivity index is 1.38. The van der Waals surface area contributed by atoms with E-state index >= 15 is 0 Å². The number of carbonyl (C=O) groups excluding carboxylic acids is 2. The van der Waals surface area contributed by atoms with Gasteiger partial charge in [0.15, 0.2) is 12.4 Å². The number of esters is 1. The molecule has 0 unspecified atom stereocenters. The van der Waals surface area contributed by atoms with Gasteiger partial charge in [0.2, 0.25) is 0 Å². The van der Waals surface area contributed by atoms with Gasteiger partial charge in [0.25, 0.3) is 5.91 Å². The van der Waals surface area contributed by atoms with Crippen LogP contribution in [-0.4, -0.2) is 28.5 Å². The fourth-order valence-corrected chi connectivity index (χ4v) is 4.76. The van der Waals surface area contributed by atoms with E-state index in [2.05, 4.69) is 15.3 Å². The highest BCUT2D eigenvalue weighted by molar-refractivity contribution is 7.26. The molecule has 1 aromatic carbocycles. The van der Waals surface area contributed by atoms with Crippen molar-refractivity contribution in [2.75, 3.05) is 11.9 Å². The number of hydrogen-bond donors (Lipinski definition) is 1. The van der Waals surface area contributed by atoms with E-state index in [0.29, 0.717) is 9.90 Å². The highest BCUT2D eigenvalue weighted by Crippen LogP contribution is 2.34. The zero-order chi connectivity index (χ0) is 20.4. The van der Waals surface area contributed by atoms with Crippen molar-refractivity contribution in [2.24, 2.45) is 0 Å². The normalized spacial score (nSPS) is 10.8. The highest BCUT2D eigenvalue weighted by atomic mass is 35.5. The third kappa shape index (κ3) is 4.56. The van der Waals surface area contributed by atoms with Crippen LogP contribution >= 0.6 is 45.9 Å². The van der Waals surface area contributed by atoms with Crippen LogP contribution in [0.2, 0.25) is 10.0 Å². The van der Waals surface area contributed by atoms with E-state index in [1.54, 1.807) is 17.4 Å². The molecule has 4 rings (SSSR count). The van der Waals surface area contributed by atoms with Gasteiger partial charge in [-0.05, 0) is 30.3 Å². The Bertz CT molecular complexity index is 1190. The minimum absolute atomic E-state index is 0.145. The summed E-state index contributed by atoms with van der Waals surface area (Å²) in [7, 11) is 0. The molecule has 0 aliphatic carbocycles. The zero-order valence-corrected chi connectivity index (χ0v) is 17.7. The van der Waals surface area contributed by atoms with E-state index in [9.17, 15) is 9.59 Å². The number of benzene rings is 1. The van der Waals surface area contributed by atoms with Gasteiger partial charge < -0.3 is 10.1 Å². The lowest BCUT2D eigenvalue weighted by atomic mass is 10.3. The Morgan fingerprint density at radius 1 is 1.10 bits per heavy atom. The smallest absolute Gasteiger partial charge is 0.348 e. The molecule has 1 N–H and O–H groups in total. The van der Waals surface area contributed by atoms with Gasteiger partial charge >= 0.3 is 5.97 Å². The summed E-state index contributed by atoms with van der Waals surface area (Å²) in [4.78, 5) is 34.0. The minimum Gasteiger partial charge on any atom is -0.451 e. The molecule has 0 spiro atoms. The number of nitrogens with one attached hydrogen (secondary N) is 1. The van der Waals surface area contributed by atoms with Crippen molar-refractivity contribution < 1.29 is 14.3 Å². The maximum Gasteiger partial charge on any atom is 0.348 e. The summed E-state index contributed by atoms with van der Waals surface area (Å²) < 4.78 is 6.15. The Kier molecular flexibility index (Phi) is 5.77. The van der Waals surface area contributed by atoms with Gasteiger partial charge in [-0.2, -0.15) is 0 Å². The molecular formula is C19H11Cl2N3O3S2. The van der Waals surface area contributed by atoms with Crippen molar-refractivity contribution in [2.45, 2.75) is 0 Å². The standard InChI is InChI=1S/C19H11Cl2N3O3S2/c20-10-7-11(21)17(22-8-10)24-16(25)9-27-19(26)15-6-5-14(28-15)18-23-12-3-1-2-4-13(12)29-18/h1-8H,9H2,(H,22,24,25). The summed E-state index contributed by atoms with van der Waals surface area (Å²) >= 11 is 14.5. The number of nitrogens with zero attached hydrogens (tertiary/aromatic N) is 2. The average Bonchev–Trinajstić information content (AvgIpc) is 3.35. The van der Waals surface area contributed by atoms with Crippen LogP contribution in [0.3, 0.4) is 0 Å². The van der Waals surface area contributed by atoms with Gasteiger partial charge in [-0.1, -0.05) is 35.3 Å². The van der Waals surface area contributed by atoms with Crippen LogP contribution in [0.15, 0.2) is 48.7 Å². The van der Waals surface area contributed by atoms with Crippen molar-refractivity contribution in [1.29, 1.82) is 0 Å². The van der Waals surface area contributed by atoms with Crippen LogP contribution in [0.4, 0.5) is 5.82 Å². The third-order valence-corrected chi connectivity index (χ3v) is 6.48. The quantitative estimate of drug-likeness (QED) is 0.393. The SMILES string of the molecule is O=C(COC(=O)c1ccc(-c2nc3ccccc3s2)s1)Nc1ncc(Cl)cc1Cl. The second-order valence-corrected chi connectivity index (χ2v) is 8.72. The number of thiazole rings is 1. The van der Waals surface area contributed by atoms with E-state index in [0.717, 1.165) is 20.1 Å². The second-order valence-electron chi connectivity index (χ2n) is 5.76. The number of fused-ring (bicyclic) bond motifs is 1. The molecule has 146 valence electrons. The van der Waals surface area contributed by atoms with Crippen LogP contribution < -0.4 is 5.32 Å². The first-order chi connectivity index (χ1) is 14.0. The molecule has 10 heteroatoms. The Labute approximate surface area is 183 Å². The first-order valence-corrected chi connectivity index (χ1v) is 10.6. The molecule has 1 amide bonds. The van der Waals surface area contributed by atoms with Crippen molar-refractivity contribution in [3.8, 4) is 9.88 Å². The minimum atomic E-state index is -0.590. The number of anilines is 1. The number of carbonyl (C=O) groups is 2. The molecule has 0 atom stereocenters. The summed E-state index contributed by atoms with van der Waals surface area (Å²) in [6.45, 7) is -0.464. The molecule has 0 fully saturated rings. The van der Waals surface area contributed by atoms with E-state index in [1.165, 1.54) is 23.6 Å². The maximum atomic E-state index is 12.3. The number of amides is 1. The first kappa shape index (κ1) is 19.8. The summed E-state index contributed by atoms with van der Waals surface area (Å²) in [6, 6.07) is 12.8. The zero-order valence-electron chi connectivity index (χ0n) is 14.5. The number of halogens is 2. The van der Waals surface area contributed by atoms with E-state index in [4.69, 9.17) is 27.9 Å². The molecule has 3 heterocycles. The number of rotatable bonds is 5. The number of thiophene rings is 1. The topological polar surface area (TPSA) is 81.2 Å². The molecule has 0 aliphatic heterocycles. The summed E-state index contributed by atoms with van der Waals surface area (Å²) in [5.74, 6) is -1.00. The predicted octanol–water partition coefficient (Wildman–Crippen LogP) is 5.52. The van der Waals surface area contributed by atoms with Crippen LogP contribution in [0.1, 0.15) is 9.67 Å². The fraction of sp³-hybridized carbons (Fsp3) is 0.0526. The molecular weight excluding hydrogens is 453 g/mol. The first-order valence-electron chi connectivity index (χ1n) is 8.23. The predicted molar refractivity (Wildman–Crippen MR) is 116 cm³/mol. The molecule has 0 saturated heterocycles. The Morgan fingerprint density at radius 3 is 2.72 bits per heavy atom. The van der Waals surface area contributed by atoms with Crippen LogP contribution in [0.25, 0.3) is 20.1 Å². The summed E-state index contributed by atoms with van der Waals surface area (Å²) in [5, 5.41) is 3.84. The van der Waals surface area contributed by atoms with Crippen molar-refractivity contribution in [3.05, 3.63) is 63.6 Å². The maximum absolute atomic E-state index is 12.3. The van der Waals surface area contributed by atoms with Gasteiger partial charge in [0.1, 0.15) is 9.88 Å². The molecule has 0 radical (unpaired) electrons. The van der Waals surface area contributed by atoms with E-state index in [-0.39, 0.29) is 10.8 Å². The van der Waals surface area contributed by atoms with Gasteiger partial charge in [-0.25, -0.2) is 14.8 Å². The van der Waals surface area contributed by atoms with E-state index in [1.807, 2.05) is 30.3 Å². The number of para-hydroxylation sites is 1. The number of ether oxygens (including phenoxy) is 1. The molecule has 6 nitrogen and oxygen atoms in total. The van der Waals surface area contributed by atoms with Crippen molar-refractivity contribution >= 4 is 73.8 Å². The Hall–Kier alpha value is -2.52. The summed E-state index contributed by atoms with van der Waals surface area (Å²) in [6.07, 6.45) is 1.35. The lowest BCUT2D eigenvalue weighted by molar-refractivity contribution is -0.119. The van der Waals surface area contributed by atoms with Crippen LogP contribution in [0.5, 0.6) is 0 Å². The fourth-order valence-electron chi connectivity index (χ4n) is 2.42. The lowest BCUT2D eigenvalue weighted by Crippen LogP contribution is -2.21. The van der Waals surface area contributed by atoms with Crippen molar-refractivity contribution in [1.82, 2.24) is 9.97 Å². The summed E-state index contributed by atoms with van der Waals surface area (Å²) in [5.41, 5.74) is 0.913. The van der Waals surface area contributed by atoms with Crippen LogP contribution in [-0.2, 0) is 9.53 Å². The highest BCUT2D eigenvalue weighted by Gasteiger charge is 2.16. The van der Waals surface area contributed by atoms with Gasteiger partial charge in [0, 0.05) is 6.20 Å². The van der Waals surface area contributed by atoms with Crippen LogP contribution in [0, 0.1) is 0 Å². The average molecular weight is 464 g/mol. The van der Waals surface area contributed by atoms with Gasteiger partial charge in [-0.15, -0.1) is 22.7 Å². The molecule has 29 heavy (non-hydrogen) atoms.